The lowest BCUT2D eigenvalue weighted by molar-refractivity contribution is 0.0223. The molecule has 4 unspecified atom stereocenters. The molecule has 0 N–H and O–H groups in total. The zero-order chi connectivity index (χ0) is 44.8. The van der Waals surface area contributed by atoms with Crippen molar-refractivity contribution in [1.82, 2.24) is 0 Å². The summed E-state index contributed by atoms with van der Waals surface area (Å²) >= 11 is 1.81. The van der Waals surface area contributed by atoms with E-state index in [4.69, 9.17) is 27.3 Å². The van der Waals surface area contributed by atoms with E-state index in [2.05, 4.69) is 27.7 Å². The molecule has 0 aliphatic rings. The first-order chi connectivity index (χ1) is 29.8. The van der Waals surface area contributed by atoms with E-state index < -0.39 is 21.3 Å². The molecular weight excluding hydrogens is 825 g/mol. The predicted octanol–water partition coefficient (Wildman–Crippen LogP) is 13.7. The number of hydrogen-bond acceptors (Lipinski definition) is 8. The van der Waals surface area contributed by atoms with Gasteiger partial charge in [-0.1, -0.05) is 195 Å². The normalized spacial score (nSPS) is 14.1. The number of ether oxygens (including phenoxy) is 4. The minimum atomic E-state index is -4.27. The molecule has 0 aromatic heterocycles. The maximum Gasteiger partial charge on any atom is 0.408 e. The molecule has 11 heteroatoms. The van der Waals surface area contributed by atoms with E-state index >= 15 is 0 Å². The van der Waals surface area contributed by atoms with Crippen molar-refractivity contribution in [3.8, 4) is 0 Å². The molecule has 0 aromatic carbocycles. The third kappa shape index (κ3) is 46.7. The molecule has 0 heterocycles. The van der Waals surface area contributed by atoms with Gasteiger partial charge in [0.05, 0.1) is 26.4 Å². The molecule has 0 aliphatic carbocycles. The second-order valence-corrected chi connectivity index (χ2v) is 21.7. The minimum absolute atomic E-state index is 0.180. The van der Waals surface area contributed by atoms with Gasteiger partial charge in [-0.3, -0.25) is 0 Å². The lowest BCUT2D eigenvalue weighted by atomic mass is 9.96. The molecular formula is C50H104O8S3+2. The van der Waals surface area contributed by atoms with Crippen LogP contribution in [0.5, 0.6) is 0 Å². The first-order valence-electron chi connectivity index (χ1n) is 26.0. The highest BCUT2D eigenvalue weighted by molar-refractivity contribution is 7.85. The van der Waals surface area contributed by atoms with E-state index in [0.29, 0.717) is 39.6 Å². The molecule has 0 bridgehead atoms. The van der Waals surface area contributed by atoms with E-state index in [1.807, 2.05) is 13.8 Å². The van der Waals surface area contributed by atoms with Gasteiger partial charge in [0, 0.05) is 36.7 Å². The lowest BCUT2D eigenvalue weighted by Gasteiger charge is -2.15. The Morgan fingerprint density at radius 1 is 0.377 bits per heavy atom. The summed E-state index contributed by atoms with van der Waals surface area (Å²) in [5.74, 6) is 3.38. The van der Waals surface area contributed by atoms with Gasteiger partial charge in [-0.05, 0) is 51.4 Å². The van der Waals surface area contributed by atoms with Crippen molar-refractivity contribution >= 4 is 33.9 Å². The molecule has 0 fully saturated rings. The van der Waals surface area contributed by atoms with E-state index in [1.54, 1.807) is 0 Å². The first-order valence-corrected chi connectivity index (χ1v) is 29.7. The Labute approximate surface area is 389 Å². The van der Waals surface area contributed by atoms with Gasteiger partial charge in [-0.25, -0.2) is 0 Å². The van der Waals surface area contributed by atoms with E-state index in [-0.39, 0.29) is 13.2 Å². The van der Waals surface area contributed by atoms with Gasteiger partial charge in [0.25, 0.3) is 10.9 Å². The molecule has 0 amide bonds. The van der Waals surface area contributed by atoms with Crippen LogP contribution in [0.3, 0.4) is 0 Å². The molecule has 0 radical (unpaired) electrons. The highest BCUT2D eigenvalue weighted by Crippen LogP contribution is 2.21. The third-order valence-corrected chi connectivity index (χ3v) is 15.3. The molecule has 0 aromatic rings. The van der Waals surface area contributed by atoms with Crippen LogP contribution in [0.15, 0.2) is 0 Å². The number of hydrogen-bond donors (Lipinski definition) is 0. The Bertz CT molecular complexity index is 891. The molecule has 0 rings (SSSR count). The van der Waals surface area contributed by atoms with Crippen molar-refractivity contribution in [2.75, 3.05) is 64.4 Å². The molecule has 0 saturated carbocycles. The summed E-state index contributed by atoms with van der Waals surface area (Å²) in [7, 11) is -4.27. The van der Waals surface area contributed by atoms with E-state index in [9.17, 15) is 8.42 Å². The van der Waals surface area contributed by atoms with Crippen LogP contribution < -0.4 is 0 Å². The number of thiol groups is 2. The fraction of sp³-hybridized carbons (Fsp3) is 1.00. The van der Waals surface area contributed by atoms with E-state index in [1.165, 1.54) is 167 Å². The summed E-state index contributed by atoms with van der Waals surface area (Å²) in [6.45, 7) is 16.6. The fourth-order valence-electron chi connectivity index (χ4n) is 7.69. The number of unbranched alkanes of at least 4 members (excludes halogenated alkanes) is 22. The average Bonchev–Trinajstić information content (AvgIpc) is 3.23. The molecule has 0 aliphatic heterocycles. The molecule has 4 atom stereocenters. The lowest BCUT2D eigenvalue weighted by Crippen LogP contribution is -2.32. The second-order valence-electron chi connectivity index (χ2n) is 17.7. The summed E-state index contributed by atoms with van der Waals surface area (Å²) in [6, 6.07) is 0. The van der Waals surface area contributed by atoms with Crippen LogP contribution in [0.25, 0.3) is 0 Å². The highest BCUT2D eigenvalue weighted by atomic mass is 32.3. The molecule has 61 heavy (non-hydrogen) atoms. The fourth-order valence-corrected chi connectivity index (χ4v) is 11.3. The maximum atomic E-state index is 13.3. The van der Waals surface area contributed by atoms with Crippen LogP contribution in [-0.4, -0.2) is 83.7 Å². The van der Waals surface area contributed by atoms with Crippen molar-refractivity contribution in [1.29, 1.82) is 0 Å². The Morgan fingerprint density at radius 3 is 0.967 bits per heavy atom. The van der Waals surface area contributed by atoms with Gasteiger partial charge in [0.1, 0.15) is 24.7 Å². The van der Waals surface area contributed by atoms with Crippen molar-refractivity contribution in [2.45, 2.75) is 245 Å². The van der Waals surface area contributed by atoms with Crippen molar-refractivity contribution in [2.24, 2.45) is 11.8 Å². The van der Waals surface area contributed by atoms with Crippen molar-refractivity contribution < 1.29 is 35.7 Å². The summed E-state index contributed by atoms with van der Waals surface area (Å²) in [4.78, 5) is 0. The van der Waals surface area contributed by atoms with Crippen molar-refractivity contribution in [3.63, 3.8) is 0 Å². The van der Waals surface area contributed by atoms with Gasteiger partial charge >= 0.3 is 10.4 Å². The molecule has 0 saturated heterocycles. The van der Waals surface area contributed by atoms with Crippen LogP contribution in [-0.2, 0) is 61.2 Å². The summed E-state index contributed by atoms with van der Waals surface area (Å²) < 4.78 is 60.5. The number of rotatable bonds is 52. The average molecular weight is 930 g/mol. The van der Waals surface area contributed by atoms with Gasteiger partial charge in [-0.2, -0.15) is 16.8 Å². The quantitative estimate of drug-likeness (QED) is 0.0339. The van der Waals surface area contributed by atoms with Crippen LogP contribution in [0, 0.1) is 11.8 Å². The maximum absolute atomic E-state index is 13.3. The molecule has 8 nitrogen and oxygen atoms in total. The summed E-state index contributed by atoms with van der Waals surface area (Å²) in [5, 5.41) is 0. The molecule has 368 valence electrons. The Balaban J connectivity index is 4.60. The molecule has 0 spiro atoms. The zero-order valence-electron chi connectivity index (χ0n) is 41.2. The Kier molecular flexibility index (Phi) is 48.7. The van der Waals surface area contributed by atoms with Gasteiger partial charge in [0.2, 0.25) is 0 Å². The smallest absolute Gasteiger partial charge is 0.379 e. The van der Waals surface area contributed by atoms with Crippen molar-refractivity contribution in [3.05, 3.63) is 0 Å². The SMILES string of the molecule is CCCCCCCCCCC(C)CCCCCCC[SH+]C(COCCOCC)OS(=O)(=O)OC(COCCOCC)[SH+]CCCCCCCC(C)CCCCCCCCCC. The highest BCUT2D eigenvalue weighted by Gasteiger charge is 2.32. The van der Waals surface area contributed by atoms with Crippen LogP contribution in [0.4, 0.5) is 0 Å². The van der Waals surface area contributed by atoms with Crippen LogP contribution in [0.1, 0.15) is 234 Å². The van der Waals surface area contributed by atoms with Gasteiger partial charge in [-0.15, -0.1) is 0 Å². The monoisotopic (exact) mass is 929 g/mol. The second kappa shape index (κ2) is 48.3. The Hall–Kier alpha value is 0.410. The van der Waals surface area contributed by atoms with E-state index in [0.717, 1.165) is 72.5 Å². The van der Waals surface area contributed by atoms with Gasteiger partial charge < -0.3 is 18.9 Å². The minimum Gasteiger partial charge on any atom is -0.379 e. The van der Waals surface area contributed by atoms with Gasteiger partial charge in [0.15, 0.2) is 0 Å². The van der Waals surface area contributed by atoms with Crippen LogP contribution >= 0.6 is 0 Å². The largest absolute Gasteiger partial charge is 0.408 e. The first kappa shape index (κ1) is 61.4. The predicted molar refractivity (Wildman–Crippen MR) is 269 cm³/mol. The summed E-state index contributed by atoms with van der Waals surface area (Å²) in [6.07, 6.45) is 39.7. The zero-order valence-corrected chi connectivity index (χ0v) is 43.8. The standard InChI is InChI=1S/C50H102O8S3/c1-7-11-13-15-17-19-23-29-35-47(5)37-31-25-21-27-33-43-59-49(45-55-41-39-53-9-3)57-61(51,52)58-50(46-56-42-40-54-10-4)60-44-34-28-22-26-32-38-48(6)36-30-24-20-18-16-14-12-8-2/h47-50H,7-46H2,1-6H3/p+2. The topological polar surface area (TPSA) is 89.5 Å². The third-order valence-electron chi connectivity index (χ3n) is 11.6. The van der Waals surface area contributed by atoms with Crippen LogP contribution in [0.2, 0.25) is 0 Å². The summed E-state index contributed by atoms with van der Waals surface area (Å²) in [5.41, 5.74) is -1.24. The Morgan fingerprint density at radius 2 is 0.656 bits per heavy atom.